The van der Waals surface area contributed by atoms with Crippen LogP contribution in [0.4, 0.5) is 10.1 Å². The second-order valence-corrected chi connectivity index (χ2v) is 9.00. The van der Waals surface area contributed by atoms with Gasteiger partial charge in [0.15, 0.2) is 0 Å². The van der Waals surface area contributed by atoms with Crippen LogP contribution in [-0.4, -0.2) is 32.8 Å². The molecule has 0 spiro atoms. The van der Waals surface area contributed by atoms with Gasteiger partial charge in [0, 0.05) is 48.9 Å². The Morgan fingerprint density at radius 2 is 2.03 bits per heavy atom. The number of nitrogens with zero attached hydrogens (tertiary/aromatic N) is 1. The minimum Gasteiger partial charge on any atom is -0.378 e. The smallest absolute Gasteiger partial charge is 0.227 e. The largest absolute Gasteiger partial charge is 0.378 e. The third-order valence-corrected chi connectivity index (χ3v) is 6.90. The average Bonchev–Trinajstić information content (AvgIpc) is 2.70. The van der Waals surface area contributed by atoms with Crippen LogP contribution in [0.15, 0.2) is 46.2 Å². The minimum absolute atomic E-state index is 0.0726. The van der Waals surface area contributed by atoms with E-state index in [0.29, 0.717) is 25.9 Å². The summed E-state index contributed by atoms with van der Waals surface area (Å²) >= 11 is 1.53. The highest BCUT2D eigenvalue weighted by molar-refractivity contribution is 7.99. The Morgan fingerprint density at radius 3 is 2.79 bits per heavy atom. The van der Waals surface area contributed by atoms with E-state index in [9.17, 15) is 9.18 Å². The zero-order chi connectivity index (χ0) is 20.6. The van der Waals surface area contributed by atoms with E-state index in [2.05, 4.69) is 6.07 Å². The van der Waals surface area contributed by atoms with Gasteiger partial charge < -0.3 is 14.4 Å². The van der Waals surface area contributed by atoms with Crippen LogP contribution < -0.4 is 4.90 Å². The van der Waals surface area contributed by atoms with Crippen molar-refractivity contribution < 1.29 is 18.7 Å². The summed E-state index contributed by atoms with van der Waals surface area (Å²) in [6, 6.07) is 11.3. The van der Waals surface area contributed by atoms with Gasteiger partial charge in [-0.3, -0.25) is 4.79 Å². The maximum absolute atomic E-state index is 14.5. The van der Waals surface area contributed by atoms with Crippen molar-refractivity contribution in [2.45, 2.75) is 54.1 Å². The van der Waals surface area contributed by atoms with Crippen molar-refractivity contribution in [1.29, 1.82) is 0 Å². The number of anilines is 1. The van der Waals surface area contributed by atoms with Crippen LogP contribution in [0.1, 0.15) is 37.3 Å². The summed E-state index contributed by atoms with van der Waals surface area (Å²) in [5.41, 5.74) is 2.45. The van der Waals surface area contributed by atoms with Crippen molar-refractivity contribution in [3.63, 3.8) is 0 Å². The molecule has 154 valence electrons. The molecule has 0 aliphatic carbocycles. The summed E-state index contributed by atoms with van der Waals surface area (Å²) in [7, 11) is 3.50. The fourth-order valence-corrected chi connectivity index (χ4v) is 5.30. The molecule has 6 heteroatoms. The number of ether oxygens (including phenoxy) is 2. The summed E-state index contributed by atoms with van der Waals surface area (Å²) < 4.78 is 26.1. The third kappa shape index (κ3) is 4.06. The van der Waals surface area contributed by atoms with E-state index in [1.54, 1.807) is 24.1 Å². The Hall–Kier alpha value is -1.89. The van der Waals surface area contributed by atoms with E-state index in [-0.39, 0.29) is 17.8 Å². The average molecular weight is 416 g/mol. The van der Waals surface area contributed by atoms with Gasteiger partial charge in [0.1, 0.15) is 5.82 Å². The second-order valence-electron chi connectivity index (χ2n) is 7.85. The van der Waals surface area contributed by atoms with E-state index in [1.165, 1.54) is 11.8 Å². The quantitative estimate of drug-likeness (QED) is 0.710. The predicted octanol–water partition coefficient (Wildman–Crippen LogP) is 4.93. The number of amides is 1. The molecule has 2 aliphatic rings. The van der Waals surface area contributed by atoms with E-state index in [4.69, 9.17) is 9.47 Å². The van der Waals surface area contributed by atoms with Crippen LogP contribution in [0, 0.1) is 5.82 Å². The maximum Gasteiger partial charge on any atom is 0.227 e. The number of hydrogen-bond donors (Lipinski definition) is 0. The first-order valence-electron chi connectivity index (χ1n) is 9.95. The number of carbonyl (C=O) groups is 1. The van der Waals surface area contributed by atoms with Gasteiger partial charge in [-0.25, -0.2) is 4.39 Å². The molecule has 1 amide bonds. The zero-order valence-corrected chi connectivity index (χ0v) is 17.9. The van der Waals surface area contributed by atoms with Crippen LogP contribution in [0.5, 0.6) is 0 Å². The molecule has 2 aromatic carbocycles. The molecule has 2 aliphatic heterocycles. The summed E-state index contributed by atoms with van der Waals surface area (Å²) in [5, 5.41) is 0. The monoisotopic (exact) mass is 415 g/mol. The Balaban J connectivity index is 1.63. The summed E-state index contributed by atoms with van der Waals surface area (Å²) in [6.45, 7) is 2.63. The molecule has 0 N–H and O–H groups in total. The number of aryl methyl sites for hydroxylation is 1. The van der Waals surface area contributed by atoms with Gasteiger partial charge in [-0.15, -0.1) is 0 Å². The minimum atomic E-state index is -0.520. The van der Waals surface area contributed by atoms with Gasteiger partial charge >= 0.3 is 0 Å². The highest BCUT2D eigenvalue weighted by Gasteiger charge is 2.38. The highest BCUT2D eigenvalue weighted by atomic mass is 32.2. The molecule has 2 heterocycles. The molecule has 0 saturated carbocycles. The van der Waals surface area contributed by atoms with Gasteiger partial charge in [-0.2, -0.15) is 0 Å². The molecule has 1 fully saturated rings. The van der Waals surface area contributed by atoms with Crippen LogP contribution in [0.3, 0.4) is 0 Å². The number of carbonyl (C=O) groups excluding carboxylic acids is 1. The molecule has 29 heavy (non-hydrogen) atoms. The molecule has 4 rings (SSSR count). The van der Waals surface area contributed by atoms with Crippen molar-refractivity contribution >= 4 is 23.4 Å². The highest BCUT2D eigenvalue weighted by Crippen LogP contribution is 2.41. The SMILES string of the molecule is COC1(c2cc(F)cc(Sc3ccc4c(c3)CCC(=O)N4C)c2)CCOC(C)C1. The van der Waals surface area contributed by atoms with Crippen molar-refractivity contribution in [2.24, 2.45) is 0 Å². The molecule has 0 bridgehead atoms. The van der Waals surface area contributed by atoms with Crippen molar-refractivity contribution in [3.8, 4) is 0 Å². The first kappa shape index (κ1) is 20.4. The maximum atomic E-state index is 14.5. The predicted molar refractivity (Wildman–Crippen MR) is 112 cm³/mol. The molecule has 0 radical (unpaired) electrons. The number of halogens is 1. The fourth-order valence-electron chi connectivity index (χ4n) is 4.33. The van der Waals surface area contributed by atoms with Crippen molar-refractivity contribution in [2.75, 3.05) is 25.7 Å². The van der Waals surface area contributed by atoms with Crippen molar-refractivity contribution in [1.82, 2.24) is 0 Å². The zero-order valence-electron chi connectivity index (χ0n) is 17.0. The van der Waals surface area contributed by atoms with E-state index >= 15 is 0 Å². The standard InChI is InChI=1S/C23H26FNO3S/c1-15-14-23(27-3,8-9-28-15)17-11-18(24)13-20(12-17)29-19-5-6-21-16(10-19)4-7-22(26)25(21)2/h5-6,10-13,15H,4,7-9,14H2,1-3H3. The van der Waals surface area contributed by atoms with Gasteiger partial charge in [0.25, 0.3) is 0 Å². The lowest BCUT2D eigenvalue weighted by Crippen LogP contribution is -2.39. The lowest BCUT2D eigenvalue weighted by Gasteiger charge is -2.39. The number of methoxy groups -OCH3 is 1. The van der Waals surface area contributed by atoms with E-state index in [0.717, 1.165) is 33.0 Å². The summed E-state index contributed by atoms with van der Waals surface area (Å²) in [6.07, 6.45) is 2.75. The van der Waals surface area contributed by atoms with Crippen LogP contribution in [0.2, 0.25) is 0 Å². The Morgan fingerprint density at radius 1 is 1.21 bits per heavy atom. The lowest BCUT2D eigenvalue weighted by molar-refractivity contribution is -0.122. The number of fused-ring (bicyclic) bond motifs is 1. The summed E-state index contributed by atoms with van der Waals surface area (Å²) in [5.74, 6) is -0.118. The Labute approximate surface area is 175 Å². The van der Waals surface area contributed by atoms with Gasteiger partial charge in [-0.1, -0.05) is 11.8 Å². The fraction of sp³-hybridized carbons (Fsp3) is 0.435. The molecule has 1 saturated heterocycles. The van der Waals surface area contributed by atoms with Crippen molar-refractivity contribution in [3.05, 3.63) is 53.3 Å². The number of benzene rings is 2. The lowest BCUT2D eigenvalue weighted by atomic mass is 9.83. The van der Waals surface area contributed by atoms with Crippen LogP contribution in [0.25, 0.3) is 0 Å². The molecular weight excluding hydrogens is 389 g/mol. The normalized spacial score (nSPS) is 24.5. The Kier molecular flexibility index (Phi) is 5.69. The van der Waals surface area contributed by atoms with Crippen LogP contribution in [-0.2, 0) is 26.3 Å². The summed E-state index contributed by atoms with van der Waals surface area (Å²) in [4.78, 5) is 15.5. The number of hydrogen-bond acceptors (Lipinski definition) is 4. The topological polar surface area (TPSA) is 38.8 Å². The molecule has 2 atom stereocenters. The molecular formula is C23H26FNO3S. The molecule has 4 nitrogen and oxygen atoms in total. The molecule has 2 aromatic rings. The van der Waals surface area contributed by atoms with Crippen LogP contribution >= 0.6 is 11.8 Å². The second kappa shape index (κ2) is 8.09. The van der Waals surface area contributed by atoms with Gasteiger partial charge in [0.05, 0.1) is 18.3 Å². The van der Waals surface area contributed by atoms with E-state index < -0.39 is 5.60 Å². The molecule has 0 aromatic heterocycles. The van der Waals surface area contributed by atoms with Gasteiger partial charge in [-0.05, 0) is 60.9 Å². The Bertz CT molecular complexity index is 934. The third-order valence-electron chi connectivity index (χ3n) is 5.94. The first-order chi connectivity index (χ1) is 13.9. The number of rotatable bonds is 4. The first-order valence-corrected chi connectivity index (χ1v) is 10.8. The van der Waals surface area contributed by atoms with Gasteiger partial charge in [0.2, 0.25) is 5.91 Å². The molecule has 2 unspecified atom stereocenters. The van der Waals surface area contributed by atoms with E-state index in [1.807, 2.05) is 32.2 Å².